The Hall–Kier alpha value is -1.36. The van der Waals surface area contributed by atoms with Gasteiger partial charge in [-0.3, -0.25) is 4.99 Å². The van der Waals surface area contributed by atoms with Crippen molar-refractivity contribution in [3.05, 3.63) is 12.4 Å². The van der Waals surface area contributed by atoms with Crippen molar-refractivity contribution in [3.8, 4) is 0 Å². The van der Waals surface area contributed by atoms with Gasteiger partial charge in [0, 0.05) is 20.1 Å². The van der Waals surface area contributed by atoms with Gasteiger partial charge in [-0.15, -0.1) is 0 Å². The average Bonchev–Trinajstić information content (AvgIpc) is 2.46. The predicted molar refractivity (Wildman–Crippen MR) is 52.4 cm³/mol. The van der Waals surface area contributed by atoms with Crippen molar-refractivity contribution in [2.45, 2.75) is 0 Å². The summed E-state index contributed by atoms with van der Waals surface area (Å²) in [6, 6.07) is 0. The fourth-order valence-corrected chi connectivity index (χ4v) is 1.49. The maximum absolute atomic E-state index is 4.35. The van der Waals surface area contributed by atoms with Crippen molar-refractivity contribution in [1.82, 2.24) is 15.2 Å². The molecule has 0 bridgehead atoms. The highest BCUT2D eigenvalue weighted by molar-refractivity contribution is 5.89. The van der Waals surface area contributed by atoms with Crippen LogP contribution in [0.25, 0.3) is 0 Å². The highest BCUT2D eigenvalue weighted by Crippen LogP contribution is 2.17. The van der Waals surface area contributed by atoms with E-state index >= 15 is 0 Å². The fraction of sp³-hybridized carbons (Fsp3) is 0.500. The molecule has 0 radical (unpaired) electrons. The lowest BCUT2D eigenvalue weighted by Gasteiger charge is -2.26. The molecule has 13 heavy (non-hydrogen) atoms. The number of nitrogens with one attached hydrogen (secondary N) is 1. The Labute approximate surface area is 77.4 Å². The predicted octanol–water partition coefficient (Wildman–Crippen LogP) is -0.350. The second kappa shape index (κ2) is 3.18. The zero-order chi connectivity index (χ0) is 9.26. The number of piperazine rings is 1. The quantitative estimate of drug-likeness (QED) is 0.442. The van der Waals surface area contributed by atoms with Crippen LogP contribution < -0.4 is 5.32 Å². The monoisotopic (exact) mass is 179 g/mol. The van der Waals surface area contributed by atoms with Gasteiger partial charge < -0.3 is 10.2 Å². The molecule has 0 spiro atoms. The van der Waals surface area contributed by atoms with Crippen LogP contribution in [0.3, 0.4) is 0 Å². The van der Waals surface area contributed by atoms with E-state index in [-0.39, 0.29) is 0 Å². The summed E-state index contributed by atoms with van der Waals surface area (Å²) in [6.07, 6.45) is 1.67. The van der Waals surface area contributed by atoms with Gasteiger partial charge in [-0.25, -0.2) is 5.01 Å². The molecule has 2 aliphatic rings. The third-order valence-electron chi connectivity index (χ3n) is 2.13. The molecule has 0 amide bonds. The average molecular weight is 179 g/mol. The van der Waals surface area contributed by atoms with Crippen LogP contribution in [-0.2, 0) is 0 Å². The summed E-state index contributed by atoms with van der Waals surface area (Å²) in [5.74, 6) is 1.92. The van der Waals surface area contributed by atoms with E-state index in [4.69, 9.17) is 0 Å². The molecular formula is C8H13N5. The normalized spacial score (nSPS) is 22.5. The summed E-state index contributed by atoms with van der Waals surface area (Å²) in [4.78, 5) is 6.02. The molecule has 5 nitrogen and oxygen atoms in total. The highest BCUT2D eigenvalue weighted by atomic mass is 15.6. The molecule has 1 N–H and O–H groups in total. The van der Waals surface area contributed by atoms with Gasteiger partial charge in [0.25, 0.3) is 0 Å². The van der Waals surface area contributed by atoms with E-state index in [0.29, 0.717) is 0 Å². The summed E-state index contributed by atoms with van der Waals surface area (Å²) in [6.45, 7) is 6.69. The molecule has 0 unspecified atom stereocenters. The van der Waals surface area contributed by atoms with E-state index in [1.165, 1.54) is 0 Å². The van der Waals surface area contributed by atoms with Crippen molar-refractivity contribution in [1.29, 1.82) is 0 Å². The first kappa shape index (κ1) is 8.25. The van der Waals surface area contributed by atoms with Crippen LogP contribution in [0.4, 0.5) is 0 Å². The van der Waals surface area contributed by atoms with Crippen LogP contribution in [0.1, 0.15) is 0 Å². The van der Waals surface area contributed by atoms with Crippen molar-refractivity contribution >= 4 is 12.2 Å². The van der Waals surface area contributed by atoms with E-state index in [0.717, 1.165) is 31.3 Å². The van der Waals surface area contributed by atoms with Gasteiger partial charge in [0.2, 0.25) is 0 Å². The van der Waals surface area contributed by atoms with Crippen molar-refractivity contribution in [2.75, 3.05) is 26.7 Å². The topological polar surface area (TPSA) is 43.2 Å². The minimum atomic E-state index is 0.813. The van der Waals surface area contributed by atoms with Gasteiger partial charge >= 0.3 is 0 Å². The van der Waals surface area contributed by atoms with Gasteiger partial charge in [-0.2, -0.15) is 5.10 Å². The van der Waals surface area contributed by atoms with Crippen LogP contribution in [0.15, 0.2) is 22.5 Å². The Kier molecular flexibility index (Phi) is 2.02. The minimum Gasteiger partial charge on any atom is -0.311 e. The maximum Gasteiger partial charge on any atom is 0.145 e. The summed E-state index contributed by atoms with van der Waals surface area (Å²) >= 11 is 0. The number of amidine groups is 1. The Morgan fingerprint density at radius 3 is 3.23 bits per heavy atom. The molecule has 0 aromatic rings. The maximum atomic E-state index is 4.35. The number of hydrazone groups is 1. The van der Waals surface area contributed by atoms with Crippen LogP contribution in [0, 0.1) is 0 Å². The molecule has 1 fully saturated rings. The summed E-state index contributed by atoms with van der Waals surface area (Å²) in [5.41, 5.74) is 0. The third kappa shape index (κ3) is 1.31. The fourth-order valence-electron chi connectivity index (χ4n) is 1.49. The third-order valence-corrected chi connectivity index (χ3v) is 2.13. The lowest BCUT2D eigenvalue weighted by molar-refractivity contribution is 0.412. The molecule has 5 heteroatoms. The summed E-state index contributed by atoms with van der Waals surface area (Å²) < 4.78 is 0. The van der Waals surface area contributed by atoms with Crippen molar-refractivity contribution < 1.29 is 0 Å². The molecule has 2 heterocycles. The highest BCUT2D eigenvalue weighted by Gasteiger charge is 2.27. The number of rotatable bonds is 1. The first-order valence-electron chi connectivity index (χ1n) is 4.29. The van der Waals surface area contributed by atoms with Gasteiger partial charge in [-0.1, -0.05) is 6.58 Å². The second-order valence-corrected chi connectivity index (χ2v) is 2.98. The number of hydrogen-bond donors (Lipinski definition) is 1. The minimum absolute atomic E-state index is 0.813. The van der Waals surface area contributed by atoms with Crippen molar-refractivity contribution in [3.63, 3.8) is 0 Å². The van der Waals surface area contributed by atoms with E-state index < -0.39 is 0 Å². The zero-order valence-corrected chi connectivity index (χ0v) is 7.69. The first-order chi connectivity index (χ1) is 6.33. The molecule has 2 rings (SSSR count). The van der Waals surface area contributed by atoms with E-state index in [9.17, 15) is 0 Å². The van der Waals surface area contributed by atoms with Crippen molar-refractivity contribution in [2.24, 2.45) is 10.1 Å². The van der Waals surface area contributed by atoms with Gasteiger partial charge in [0.05, 0.1) is 6.54 Å². The summed E-state index contributed by atoms with van der Waals surface area (Å²) in [7, 11) is 1.73. The standard InChI is InChI=1S/C8H13N5/c1-7-12-4-3-10-5-8(12)11-13(7)6-9-2/h6,10H,1,3-5H2,2H3. The smallest absolute Gasteiger partial charge is 0.145 e. The number of nitrogens with zero attached hydrogens (tertiary/aromatic N) is 4. The molecular weight excluding hydrogens is 166 g/mol. The lowest BCUT2D eigenvalue weighted by Crippen LogP contribution is -2.45. The zero-order valence-electron chi connectivity index (χ0n) is 7.69. The Bertz CT molecular complexity index is 280. The van der Waals surface area contributed by atoms with Crippen LogP contribution in [0.5, 0.6) is 0 Å². The number of hydrogen-bond acceptors (Lipinski definition) is 4. The Morgan fingerprint density at radius 1 is 1.69 bits per heavy atom. The molecule has 0 aromatic heterocycles. The molecule has 1 saturated heterocycles. The van der Waals surface area contributed by atoms with E-state index in [1.54, 1.807) is 18.4 Å². The number of aliphatic imine (C=N–C) groups is 1. The lowest BCUT2D eigenvalue weighted by atomic mass is 10.3. The van der Waals surface area contributed by atoms with Gasteiger partial charge in [0.1, 0.15) is 18.0 Å². The Morgan fingerprint density at radius 2 is 2.54 bits per heavy atom. The largest absolute Gasteiger partial charge is 0.311 e. The van der Waals surface area contributed by atoms with E-state index in [2.05, 4.69) is 26.9 Å². The molecule has 70 valence electrons. The molecule has 0 saturated carbocycles. The van der Waals surface area contributed by atoms with Gasteiger partial charge in [0.15, 0.2) is 0 Å². The Balaban J connectivity index is 2.19. The van der Waals surface area contributed by atoms with Crippen LogP contribution in [0.2, 0.25) is 0 Å². The first-order valence-corrected chi connectivity index (χ1v) is 4.29. The molecule has 0 aromatic carbocycles. The van der Waals surface area contributed by atoms with Crippen LogP contribution >= 0.6 is 0 Å². The molecule has 0 atom stereocenters. The number of fused-ring (bicyclic) bond motifs is 1. The molecule has 0 aliphatic carbocycles. The molecule has 2 aliphatic heterocycles. The van der Waals surface area contributed by atoms with E-state index in [1.807, 2.05) is 0 Å². The SMILES string of the molecule is C=C1N(C=NC)N=C2CNCCN12. The van der Waals surface area contributed by atoms with Crippen LogP contribution in [-0.4, -0.2) is 48.8 Å². The summed E-state index contributed by atoms with van der Waals surface area (Å²) in [5, 5.41) is 9.31. The second-order valence-electron chi connectivity index (χ2n) is 2.98. The van der Waals surface area contributed by atoms with Gasteiger partial charge in [-0.05, 0) is 0 Å².